The SMILES string of the molecule is CC(NOC(C)(C)C)c1cc2c(s1)CCCC2. The van der Waals surface area contributed by atoms with E-state index >= 15 is 0 Å². The molecular formula is C14H23NOS. The molecule has 0 amide bonds. The third-order valence-electron chi connectivity index (χ3n) is 2.98. The van der Waals surface area contributed by atoms with E-state index in [1.54, 1.807) is 10.4 Å². The zero-order valence-electron chi connectivity index (χ0n) is 11.3. The van der Waals surface area contributed by atoms with Gasteiger partial charge in [-0.05, 0) is 65.0 Å². The van der Waals surface area contributed by atoms with Crippen LogP contribution in [0.15, 0.2) is 6.07 Å². The van der Waals surface area contributed by atoms with Crippen molar-refractivity contribution in [2.45, 2.75) is 65.0 Å². The van der Waals surface area contributed by atoms with Crippen LogP contribution in [-0.2, 0) is 17.7 Å². The third-order valence-corrected chi connectivity index (χ3v) is 4.40. The Morgan fingerprint density at radius 3 is 2.65 bits per heavy atom. The molecule has 0 radical (unpaired) electrons. The number of nitrogens with one attached hydrogen (secondary N) is 1. The maximum atomic E-state index is 5.63. The summed E-state index contributed by atoms with van der Waals surface area (Å²) in [5.74, 6) is 0. The minimum absolute atomic E-state index is 0.134. The van der Waals surface area contributed by atoms with Crippen LogP contribution in [-0.4, -0.2) is 5.60 Å². The van der Waals surface area contributed by atoms with Crippen LogP contribution in [0, 0.1) is 0 Å². The summed E-state index contributed by atoms with van der Waals surface area (Å²) in [5, 5.41) is 0. The lowest BCUT2D eigenvalue weighted by molar-refractivity contribution is -0.0861. The van der Waals surface area contributed by atoms with Gasteiger partial charge in [-0.3, -0.25) is 4.84 Å². The minimum atomic E-state index is -0.134. The molecule has 1 aliphatic carbocycles. The summed E-state index contributed by atoms with van der Waals surface area (Å²) >= 11 is 1.95. The van der Waals surface area contributed by atoms with Crippen molar-refractivity contribution in [3.63, 3.8) is 0 Å². The quantitative estimate of drug-likeness (QED) is 0.822. The normalized spacial score (nSPS) is 17.9. The molecule has 1 unspecified atom stereocenters. The first-order valence-corrected chi connectivity index (χ1v) is 7.32. The van der Waals surface area contributed by atoms with E-state index in [2.05, 4.69) is 39.2 Å². The van der Waals surface area contributed by atoms with Gasteiger partial charge in [0.05, 0.1) is 11.6 Å². The Morgan fingerprint density at radius 1 is 1.29 bits per heavy atom. The molecule has 0 bridgehead atoms. The molecule has 0 spiro atoms. The Kier molecular flexibility index (Phi) is 3.91. The van der Waals surface area contributed by atoms with Crippen molar-refractivity contribution >= 4 is 11.3 Å². The van der Waals surface area contributed by atoms with Crippen molar-refractivity contribution in [1.29, 1.82) is 0 Å². The van der Waals surface area contributed by atoms with E-state index in [-0.39, 0.29) is 11.6 Å². The molecule has 0 aliphatic heterocycles. The monoisotopic (exact) mass is 253 g/mol. The predicted molar refractivity (Wildman–Crippen MR) is 73.3 cm³/mol. The van der Waals surface area contributed by atoms with Gasteiger partial charge < -0.3 is 0 Å². The first-order chi connectivity index (χ1) is 7.96. The highest BCUT2D eigenvalue weighted by Gasteiger charge is 2.18. The molecule has 0 aromatic carbocycles. The van der Waals surface area contributed by atoms with Gasteiger partial charge in [0.15, 0.2) is 0 Å². The average molecular weight is 253 g/mol. The first kappa shape index (κ1) is 13.1. The van der Waals surface area contributed by atoms with E-state index in [9.17, 15) is 0 Å². The number of hydrogen-bond donors (Lipinski definition) is 1. The minimum Gasteiger partial charge on any atom is -0.295 e. The molecule has 3 heteroatoms. The second-order valence-electron chi connectivity index (χ2n) is 5.86. The fourth-order valence-electron chi connectivity index (χ4n) is 2.05. The lowest BCUT2D eigenvalue weighted by atomic mass is 9.99. The van der Waals surface area contributed by atoms with Gasteiger partial charge in [0, 0.05) is 9.75 Å². The zero-order valence-corrected chi connectivity index (χ0v) is 12.1. The molecule has 1 aromatic rings. The van der Waals surface area contributed by atoms with Gasteiger partial charge in [-0.2, -0.15) is 5.48 Å². The van der Waals surface area contributed by atoms with Crippen LogP contribution < -0.4 is 5.48 Å². The van der Waals surface area contributed by atoms with Crippen LogP contribution in [0.25, 0.3) is 0 Å². The molecule has 1 aromatic heterocycles. The molecule has 2 nitrogen and oxygen atoms in total. The largest absolute Gasteiger partial charge is 0.295 e. The number of rotatable bonds is 3. The van der Waals surface area contributed by atoms with Gasteiger partial charge in [-0.15, -0.1) is 11.3 Å². The van der Waals surface area contributed by atoms with Crippen LogP contribution in [0.2, 0.25) is 0 Å². The van der Waals surface area contributed by atoms with Crippen LogP contribution in [0.4, 0.5) is 0 Å². The first-order valence-electron chi connectivity index (χ1n) is 6.51. The Hall–Kier alpha value is -0.380. The summed E-state index contributed by atoms with van der Waals surface area (Å²) in [4.78, 5) is 8.63. The van der Waals surface area contributed by atoms with Gasteiger partial charge in [-0.1, -0.05) is 0 Å². The number of hydrogen-bond acceptors (Lipinski definition) is 3. The molecule has 1 aliphatic rings. The highest BCUT2D eigenvalue weighted by molar-refractivity contribution is 7.12. The van der Waals surface area contributed by atoms with E-state index < -0.39 is 0 Å². The van der Waals surface area contributed by atoms with Crippen molar-refractivity contribution in [2.24, 2.45) is 0 Å². The number of thiophene rings is 1. The summed E-state index contributed by atoms with van der Waals surface area (Å²) in [6.07, 6.45) is 5.24. The Bertz CT molecular complexity index is 355. The molecule has 2 rings (SSSR count). The van der Waals surface area contributed by atoms with Crippen LogP contribution >= 0.6 is 11.3 Å². The van der Waals surface area contributed by atoms with Gasteiger partial charge >= 0.3 is 0 Å². The van der Waals surface area contributed by atoms with Crippen molar-refractivity contribution < 1.29 is 4.84 Å². The summed E-state index contributed by atoms with van der Waals surface area (Å²) in [6.45, 7) is 8.35. The Labute approximate surface area is 108 Å². The fraction of sp³-hybridized carbons (Fsp3) is 0.714. The molecule has 0 fully saturated rings. The maximum absolute atomic E-state index is 5.63. The Balaban J connectivity index is 1.99. The highest BCUT2D eigenvalue weighted by Crippen LogP contribution is 2.32. The van der Waals surface area contributed by atoms with E-state index in [0.717, 1.165) is 0 Å². The molecule has 0 saturated heterocycles. The van der Waals surface area contributed by atoms with E-state index in [1.807, 2.05) is 11.3 Å². The summed E-state index contributed by atoms with van der Waals surface area (Å²) in [6, 6.07) is 2.65. The molecule has 1 N–H and O–H groups in total. The standard InChI is InChI=1S/C14H23NOS/c1-10(15-16-14(2,3)4)13-9-11-7-5-6-8-12(11)17-13/h9-10,15H,5-8H2,1-4H3. The second kappa shape index (κ2) is 5.09. The van der Waals surface area contributed by atoms with Crippen LogP contribution in [0.1, 0.15) is 61.9 Å². The molecule has 1 atom stereocenters. The second-order valence-corrected chi connectivity index (χ2v) is 7.03. The zero-order chi connectivity index (χ0) is 12.5. The van der Waals surface area contributed by atoms with Gasteiger partial charge in [0.1, 0.15) is 0 Å². The van der Waals surface area contributed by atoms with Gasteiger partial charge in [0.25, 0.3) is 0 Å². The number of aryl methyl sites for hydroxylation is 2. The lowest BCUT2D eigenvalue weighted by Gasteiger charge is -2.22. The molecule has 96 valence electrons. The lowest BCUT2D eigenvalue weighted by Crippen LogP contribution is -2.30. The smallest absolute Gasteiger partial charge is 0.0813 e. The van der Waals surface area contributed by atoms with E-state index in [0.29, 0.717) is 0 Å². The number of hydroxylamine groups is 1. The average Bonchev–Trinajstić information content (AvgIpc) is 2.68. The molecule has 0 saturated carbocycles. The van der Waals surface area contributed by atoms with E-state index in [4.69, 9.17) is 4.84 Å². The summed E-state index contributed by atoms with van der Waals surface area (Å²) < 4.78 is 0. The predicted octanol–water partition coefficient (Wildman–Crippen LogP) is 4.01. The van der Waals surface area contributed by atoms with E-state index in [1.165, 1.54) is 30.6 Å². The molecule has 17 heavy (non-hydrogen) atoms. The molecular weight excluding hydrogens is 230 g/mol. The maximum Gasteiger partial charge on any atom is 0.0813 e. The van der Waals surface area contributed by atoms with Crippen molar-refractivity contribution in [2.75, 3.05) is 0 Å². The summed E-state index contributed by atoms with van der Waals surface area (Å²) in [7, 11) is 0. The van der Waals surface area contributed by atoms with Crippen LogP contribution in [0.3, 0.4) is 0 Å². The van der Waals surface area contributed by atoms with Gasteiger partial charge in [-0.25, -0.2) is 0 Å². The highest BCUT2D eigenvalue weighted by atomic mass is 32.1. The number of fused-ring (bicyclic) bond motifs is 1. The van der Waals surface area contributed by atoms with Crippen LogP contribution in [0.5, 0.6) is 0 Å². The molecule has 1 heterocycles. The van der Waals surface area contributed by atoms with Crippen molar-refractivity contribution in [3.05, 3.63) is 21.4 Å². The fourth-order valence-corrected chi connectivity index (χ4v) is 3.30. The van der Waals surface area contributed by atoms with Crippen molar-refractivity contribution in [3.8, 4) is 0 Å². The Morgan fingerprint density at radius 2 is 2.00 bits per heavy atom. The van der Waals surface area contributed by atoms with Crippen molar-refractivity contribution in [1.82, 2.24) is 5.48 Å². The topological polar surface area (TPSA) is 21.3 Å². The summed E-state index contributed by atoms with van der Waals surface area (Å²) in [5.41, 5.74) is 4.59. The third kappa shape index (κ3) is 3.54. The van der Waals surface area contributed by atoms with Gasteiger partial charge in [0.2, 0.25) is 0 Å².